The third-order valence-corrected chi connectivity index (χ3v) is 8.53. The van der Waals surface area contributed by atoms with E-state index < -0.39 is 21.8 Å². The number of halogens is 3. The van der Waals surface area contributed by atoms with Crippen LogP contribution in [0, 0.1) is 0 Å². The third kappa shape index (κ3) is 7.05. The Kier molecular flexibility index (Phi) is 9.01. The number of nitrogens with zero attached hydrogens (tertiary/aromatic N) is 1. The van der Waals surface area contributed by atoms with E-state index in [0.29, 0.717) is 36.9 Å². The van der Waals surface area contributed by atoms with Crippen LogP contribution >= 0.6 is 0 Å². The summed E-state index contributed by atoms with van der Waals surface area (Å²) in [5.74, 6) is 0. The van der Waals surface area contributed by atoms with Crippen molar-refractivity contribution in [2.75, 3.05) is 19.6 Å². The number of nitrogens with one attached hydrogen (secondary N) is 2. The predicted molar refractivity (Wildman–Crippen MR) is 160 cm³/mol. The smallest absolute Gasteiger partial charge is 0.315 e. The number of hydrogen-bond acceptors (Lipinski definition) is 4. The maximum atomic E-state index is 13.3. The van der Waals surface area contributed by atoms with Crippen LogP contribution in [0.5, 0.6) is 0 Å². The van der Waals surface area contributed by atoms with E-state index in [1.165, 1.54) is 6.07 Å². The lowest BCUT2D eigenvalue weighted by Gasteiger charge is -2.15. The third-order valence-electron chi connectivity index (χ3n) is 7.03. The molecule has 0 aliphatic rings. The molecule has 0 aliphatic heterocycles. The van der Waals surface area contributed by atoms with Gasteiger partial charge in [0.25, 0.3) is 0 Å². The summed E-state index contributed by atoms with van der Waals surface area (Å²) in [6.45, 7) is 1.16. The summed E-state index contributed by atoms with van der Waals surface area (Å²) in [5.41, 5.74) is 3.15. The molecule has 5 aromatic rings. The SMILES string of the molecule is O=S(=O)(NCCNCCCc1ccc(C(F)(F)F)cc1-c1ccccc1)c1cc(-c2ccccc2)cc2cnccc12. The average Bonchev–Trinajstić information content (AvgIpc) is 3.00. The number of pyridine rings is 1. The van der Waals surface area contributed by atoms with Crippen LogP contribution in [0.3, 0.4) is 0 Å². The Morgan fingerprint density at radius 2 is 1.45 bits per heavy atom. The van der Waals surface area contributed by atoms with Crippen molar-refractivity contribution in [3.8, 4) is 22.3 Å². The zero-order valence-corrected chi connectivity index (χ0v) is 23.6. The molecule has 2 N–H and O–H groups in total. The van der Waals surface area contributed by atoms with Gasteiger partial charge in [-0.3, -0.25) is 4.98 Å². The molecule has 0 saturated carbocycles. The molecule has 4 aromatic carbocycles. The Hall–Kier alpha value is -4.05. The van der Waals surface area contributed by atoms with Gasteiger partial charge in [0, 0.05) is 36.3 Å². The first-order chi connectivity index (χ1) is 20.2. The van der Waals surface area contributed by atoms with Gasteiger partial charge in [0.1, 0.15) is 0 Å². The van der Waals surface area contributed by atoms with Gasteiger partial charge in [-0.2, -0.15) is 13.2 Å². The summed E-state index contributed by atoms with van der Waals surface area (Å²) in [7, 11) is -3.82. The molecule has 42 heavy (non-hydrogen) atoms. The Morgan fingerprint density at radius 3 is 2.17 bits per heavy atom. The highest BCUT2D eigenvalue weighted by Crippen LogP contribution is 2.34. The highest BCUT2D eigenvalue weighted by atomic mass is 32.2. The van der Waals surface area contributed by atoms with Crippen molar-refractivity contribution in [2.24, 2.45) is 0 Å². The summed E-state index contributed by atoms with van der Waals surface area (Å²) in [5, 5.41) is 4.56. The van der Waals surface area contributed by atoms with Crippen molar-refractivity contribution in [2.45, 2.75) is 23.9 Å². The normalized spacial score (nSPS) is 12.1. The number of fused-ring (bicyclic) bond motifs is 1. The van der Waals surface area contributed by atoms with Gasteiger partial charge in [-0.25, -0.2) is 13.1 Å². The molecule has 5 rings (SSSR count). The van der Waals surface area contributed by atoms with E-state index in [4.69, 9.17) is 0 Å². The summed E-state index contributed by atoms with van der Waals surface area (Å²) in [6, 6.07) is 27.8. The van der Waals surface area contributed by atoms with Crippen molar-refractivity contribution in [1.82, 2.24) is 15.0 Å². The molecule has 9 heteroatoms. The van der Waals surface area contributed by atoms with Crippen LogP contribution in [0.4, 0.5) is 13.2 Å². The predicted octanol–water partition coefficient (Wildman–Crippen LogP) is 7.09. The van der Waals surface area contributed by atoms with Gasteiger partial charge in [0.15, 0.2) is 0 Å². The molecule has 216 valence electrons. The first-order valence-corrected chi connectivity index (χ1v) is 15.1. The lowest BCUT2D eigenvalue weighted by Crippen LogP contribution is -2.32. The maximum Gasteiger partial charge on any atom is 0.416 e. The zero-order chi connectivity index (χ0) is 29.6. The van der Waals surface area contributed by atoms with E-state index in [1.54, 1.807) is 54.9 Å². The standard InChI is InChI=1S/C33H30F3N3O2S/c34-33(35,36)29-14-13-26(31(22-29)25-10-5-2-6-11-25)12-7-16-37-18-19-39-42(40,41)32-21-27(24-8-3-1-4-9-24)20-28-23-38-17-15-30(28)32/h1-6,8-11,13-15,17,20-23,37,39H,7,12,16,18-19H2. The lowest BCUT2D eigenvalue weighted by atomic mass is 9.94. The lowest BCUT2D eigenvalue weighted by molar-refractivity contribution is -0.137. The molecule has 0 unspecified atom stereocenters. The molecular weight excluding hydrogens is 559 g/mol. The number of sulfonamides is 1. The van der Waals surface area contributed by atoms with Crippen LogP contribution in [-0.2, 0) is 22.6 Å². The maximum absolute atomic E-state index is 13.3. The zero-order valence-electron chi connectivity index (χ0n) is 22.7. The van der Waals surface area contributed by atoms with Crippen LogP contribution < -0.4 is 10.0 Å². The Bertz CT molecular complexity index is 1760. The van der Waals surface area contributed by atoms with E-state index in [9.17, 15) is 21.6 Å². The number of hydrogen-bond donors (Lipinski definition) is 2. The second kappa shape index (κ2) is 12.9. The van der Waals surface area contributed by atoms with E-state index in [-0.39, 0.29) is 11.4 Å². The van der Waals surface area contributed by atoms with E-state index >= 15 is 0 Å². The quantitative estimate of drug-likeness (QED) is 0.162. The molecule has 0 radical (unpaired) electrons. The minimum Gasteiger partial charge on any atom is -0.315 e. The molecular formula is C33H30F3N3O2S. The van der Waals surface area contributed by atoms with Gasteiger partial charge >= 0.3 is 6.18 Å². The number of benzene rings is 4. The van der Waals surface area contributed by atoms with Gasteiger partial charge in [0.2, 0.25) is 10.0 Å². The Morgan fingerprint density at radius 1 is 0.738 bits per heavy atom. The van der Waals surface area contributed by atoms with Crippen LogP contribution in [0.2, 0.25) is 0 Å². The summed E-state index contributed by atoms with van der Waals surface area (Å²) >= 11 is 0. The molecule has 0 amide bonds. The van der Waals surface area contributed by atoms with Crippen molar-refractivity contribution in [1.29, 1.82) is 0 Å². The minimum absolute atomic E-state index is 0.181. The first-order valence-electron chi connectivity index (χ1n) is 13.6. The van der Waals surface area contributed by atoms with E-state index in [0.717, 1.165) is 33.7 Å². The monoisotopic (exact) mass is 589 g/mol. The summed E-state index contributed by atoms with van der Waals surface area (Å²) < 4.78 is 69.4. The Labute approximate surface area is 243 Å². The molecule has 0 aliphatic carbocycles. The molecule has 0 spiro atoms. The van der Waals surface area contributed by atoms with Crippen LogP contribution in [0.15, 0.2) is 114 Å². The second-order valence-corrected chi connectivity index (χ2v) is 11.7. The van der Waals surface area contributed by atoms with Crippen LogP contribution in [0.25, 0.3) is 33.0 Å². The van der Waals surface area contributed by atoms with Crippen molar-refractivity contribution < 1.29 is 21.6 Å². The van der Waals surface area contributed by atoms with E-state index in [1.807, 2.05) is 42.5 Å². The highest BCUT2D eigenvalue weighted by molar-refractivity contribution is 7.89. The summed E-state index contributed by atoms with van der Waals surface area (Å²) in [4.78, 5) is 4.35. The molecule has 0 saturated heterocycles. The number of aryl methyl sites for hydroxylation is 1. The van der Waals surface area contributed by atoms with Gasteiger partial charge in [-0.1, -0.05) is 66.7 Å². The fraction of sp³-hybridized carbons (Fsp3) is 0.182. The molecule has 0 atom stereocenters. The molecule has 0 bridgehead atoms. The first kappa shape index (κ1) is 29.4. The van der Waals surface area contributed by atoms with E-state index in [2.05, 4.69) is 15.0 Å². The van der Waals surface area contributed by atoms with Crippen LogP contribution in [0.1, 0.15) is 17.5 Å². The number of alkyl halides is 3. The summed E-state index contributed by atoms with van der Waals surface area (Å²) in [6.07, 6.45) is 0.0677. The number of rotatable bonds is 11. The largest absolute Gasteiger partial charge is 0.416 e. The van der Waals surface area contributed by atoms with Gasteiger partial charge in [-0.15, -0.1) is 0 Å². The molecule has 0 fully saturated rings. The van der Waals surface area contributed by atoms with Crippen molar-refractivity contribution >= 4 is 20.8 Å². The second-order valence-electron chi connectivity index (χ2n) is 9.92. The molecule has 1 aromatic heterocycles. The highest BCUT2D eigenvalue weighted by Gasteiger charge is 2.31. The average molecular weight is 590 g/mol. The molecule has 1 heterocycles. The minimum atomic E-state index is -4.41. The Balaban J connectivity index is 1.19. The topological polar surface area (TPSA) is 71.1 Å². The van der Waals surface area contributed by atoms with Gasteiger partial charge < -0.3 is 5.32 Å². The van der Waals surface area contributed by atoms with Crippen molar-refractivity contribution in [3.63, 3.8) is 0 Å². The van der Waals surface area contributed by atoms with Gasteiger partial charge in [-0.05, 0) is 77.5 Å². The number of aromatic nitrogens is 1. The van der Waals surface area contributed by atoms with Crippen LogP contribution in [-0.4, -0.2) is 33.0 Å². The fourth-order valence-electron chi connectivity index (χ4n) is 4.93. The molecule has 5 nitrogen and oxygen atoms in total. The van der Waals surface area contributed by atoms with Gasteiger partial charge in [0.05, 0.1) is 10.5 Å². The fourth-order valence-corrected chi connectivity index (χ4v) is 6.22. The van der Waals surface area contributed by atoms with Crippen molar-refractivity contribution in [3.05, 3.63) is 121 Å².